The van der Waals surface area contributed by atoms with E-state index in [0.717, 1.165) is 23.4 Å². The van der Waals surface area contributed by atoms with Gasteiger partial charge in [-0.2, -0.15) is 0 Å². The van der Waals surface area contributed by atoms with Crippen molar-refractivity contribution < 1.29 is 8.42 Å². The van der Waals surface area contributed by atoms with Crippen LogP contribution in [0, 0.1) is 5.41 Å². The van der Waals surface area contributed by atoms with Gasteiger partial charge in [-0.1, -0.05) is 41.9 Å². The first-order valence-electron chi connectivity index (χ1n) is 11.4. The number of likely N-dealkylation sites (tertiary alicyclic amines) is 1. The van der Waals surface area contributed by atoms with Crippen LogP contribution in [0.3, 0.4) is 0 Å². The van der Waals surface area contributed by atoms with Crippen LogP contribution in [-0.4, -0.2) is 48.5 Å². The zero-order valence-corrected chi connectivity index (χ0v) is 20.3. The summed E-state index contributed by atoms with van der Waals surface area (Å²) < 4.78 is 29.3. The Hall–Kier alpha value is -2.19. The summed E-state index contributed by atoms with van der Waals surface area (Å²) in [7, 11) is 0.383. The van der Waals surface area contributed by atoms with E-state index in [-0.39, 0.29) is 5.03 Å². The summed E-state index contributed by atoms with van der Waals surface area (Å²) in [4.78, 5) is 6.43. The lowest BCUT2D eigenvalue weighted by Gasteiger charge is -2.29. The van der Waals surface area contributed by atoms with Crippen molar-refractivity contribution in [2.75, 3.05) is 13.6 Å². The minimum absolute atomic E-state index is 0.0551. The predicted octanol–water partition coefficient (Wildman–Crippen LogP) is 3.16. The molecule has 3 atom stereocenters. The third-order valence-corrected chi connectivity index (χ3v) is 9.38. The van der Waals surface area contributed by atoms with E-state index in [9.17, 15) is 8.42 Å². The zero-order chi connectivity index (χ0) is 23.0. The number of aromatic nitrogens is 2. The maximum absolute atomic E-state index is 12.5. The summed E-state index contributed by atoms with van der Waals surface area (Å²) in [6, 6.07) is 16.3. The Bertz CT molecular complexity index is 1340. The Kier molecular flexibility index (Phi) is 4.79. The van der Waals surface area contributed by atoms with E-state index < -0.39 is 10.0 Å². The van der Waals surface area contributed by atoms with E-state index in [4.69, 9.17) is 11.6 Å². The predicted molar refractivity (Wildman–Crippen MR) is 128 cm³/mol. The van der Waals surface area contributed by atoms with E-state index in [1.165, 1.54) is 29.2 Å². The molecule has 33 heavy (non-hydrogen) atoms. The highest BCUT2D eigenvalue weighted by Crippen LogP contribution is 2.76. The van der Waals surface area contributed by atoms with Crippen LogP contribution in [0.15, 0.2) is 60.0 Å². The molecular weight excluding hydrogens is 456 g/mol. The number of sulfonamides is 1. The van der Waals surface area contributed by atoms with Crippen molar-refractivity contribution in [3.8, 4) is 0 Å². The molecule has 2 aliphatic carbocycles. The van der Waals surface area contributed by atoms with Crippen molar-refractivity contribution in [1.29, 1.82) is 0 Å². The van der Waals surface area contributed by atoms with Crippen molar-refractivity contribution in [3.63, 3.8) is 0 Å². The van der Waals surface area contributed by atoms with Crippen LogP contribution in [0.25, 0.3) is 0 Å². The summed E-state index contributed by atoms with van der Waals surface area (Å²) in [5.41, 5.74) is 5.68. The number of hydrogen-bond donors (Lipinski definition) is 1. The fourth-order valence-corrected chi connectivity index (χ4v) is 7.44. The number of benzene rings is 2. The van der Waals surface area contributed by atoms with Gasteiger partial charge >= 0.3 is 0 Å². The molecule has 3 unspecified atom stereocenters. The number of likely N-dealkylation sites (N-methyl/N-ethyl adjacent to an activating group) is 1. The minimum Gasteiger partial charge on any atom is -0.339 e. The van der Waals surface area contributed by atoms with Gasteiger partial charge in [-0.05, 0) is 66.6 Å². The molecule has 6 rings (SSSR count). The van der Waals surface area contributed by atoms with Gasteiger partial charge in [-0.25, -0.2) is 18.1 Å². The van der Waals surface area contributed by atoms with Crippen molar-refractivity contribution in [1.82, 2.24) is 19.2 Å². The SMILES string of the molecule is CN1C2C1C21Cc2ccc(CCNS(=O)(=O)c3cn(C)cn3)cc2C1Cc1cccc(Cl)c1. The van der Waals surface area contributed by atoms with E-state index in [1.54, 1.807) is 11.6 Å². The van der Waals surface area contributed by atoms with Gasteiger partial charge in [0.15, 0.2) is 5.03 Å². The second-order valence-electron chi connectivity index (χ2n) is 9.79. The number of rotatable bonds is 7. The second kappa shape index (κ2) is 7.40. The molecule has 1 saturated carbocycles. The number of imidazole rings is 1. The summed E-state index contributed by atoms with van der Waals surface area (Å²) >= 11 is 6.27. The molecule has 3 aliphatic rings. The molecule has 2 aromatic carbocycles. The molecule has 8 heteroatoms. The Balaban J connectivity index is 1.21. The topological polar surface area (TPSA) is 67.0 Å². The first-order valence-corrected chi connectivity index (χ1v) is 13.2. The van der Waals surface area contributed by atoms with Gasteiger partial charge in [-0.15, -0.1) is 0 Å². The number of hydrogen-bond acceptors (Lipinski definition) is 4. The quantitative estimate of drug-likeness (QED) is 0.525. The number of nitrogens with zero attached hydrogens (tertiary/aromatic N) is 3. The van der Waals surface area contributed by atoms with Crippen molar-refractivity contribution in [3.05, 3.63) is 82.3 Å². The van der Waals surface area contributed by atoms with Crippen molar-refractivity contribution in [2.45, 2.75) is 42.3 Å². The van der Waals surface area contributed by atoms with Crippen molar-refractivity contribution >= 4 is 21.6 Å². The lowest BCUT2D eigenvalue weighted by Crippen LogP contribution is -2.31. The summed E-state index contributed by atoms with van der Waals surface area (Å²) in [6.07, 6.45) is 5.77. The molecule has 1 spiro atoms. The van der Waals surface area contributed by atoms with Gasteiger partial charge in [0, 0.05) is 42.3 Å². The zero-order valence-electron chi connectivity index (χ0n) is 18.7. The summed E-state index contributed by atoms with van der Waals surface area (Å²) in [5.74, 6) is 0.474. The number of nitrogens with one attached hydrogen (secondary N) is 1. The largest absolute Gasteiger partial charge is 0.339 e. The average Bonchev–Trinajstić information content (AvgIpc) is 3.52. The van der Waals surface area contributed by atoms with E-state index in [2.05, 4.69) is 52.0 Å². The highest BCUT2D eigenvalue weighted by molar-refractivity contribution is 7.89. The highest BCUT2D eigenvalue weighted by Gasteiger charge is 2.84. The number of aryl methyl sites for hydroxylation is 1. The fraction of sp³-hybridized carbons (Fsp3) is 0.400. The Morgan fingerprint density at radius 1 is 1.15 bits per heavy atom. The molecule has 1 aromatic heterocycles. The van der Waals surface area contributed by atoms with Crippen LogP contribution in [0.1, 0.15) is 28.2 Å². The standard InChI is InChI=1S/C25H27ClN4O2S/c1-29-14-22(27-15-29)33(31,32)28-9-8-16-6-7-18-13-25(23-24(25)30(23)2)21(20(18)11-16)12-17-4-3-5-19(26)10-17/h3-7,10-11,14-15,21,23-24,28H,8-9,12-13H2,1-2H3. The Morgan fingerprint density at radius 3 is 2.67 bits per heavy atom. The van der Waals surface area contributed by atoms with Crippen LogP contribution in [0.5, 0.6) is 0 Å². The first kappa shape index (κ1) is 21.4. The monoisotopic (exact) mass is 482 g/mol. The van der Waals surface area contributed by atoms with Gasteiger partial charge in [0.25, 0.3) is 10.0 Å². The number of fused-ring (bicyclic) bond motifs is 4. The third kappa shape index (κ3) is 3.44. The van der Waals surface area contributed by atoms with E-state index >= 15 is 0 Å². The molecule has 0 amide bonds. The molecule has 172 valence electrons. The fourth-order valence-electron chi connectivity index (χ4n) is 6.21. The van der Waals surface area contributed by atoms with E-state index in [1.807, 2.05) is 12.1 Å². The average molecular weight is 483 g/mol. The Morgan fingerprint density at radius 2 is 1.97 bits per heavy atom. The van der Waals surface area contributed by atoms with Crippen LogP contribution in [0.2, 0.25) is 5.02 Å². The van der Waals surface area contributed by atoms with E-state index in [0.29, 0.717) is 36.4 Å². The minimum atomic E-state index is -3.59. The molecule has 1 N–H and O–H groups in total. The van der Waals surface area contributed by atoms with Gasteiger partial charge in [0.2, 0.25) is 0 Å². The maximum Gasteiger partial charge on any atom is 0.259 e. The Labute approximate surface area is 199 Å². The second-order valence-corrected chi connectivity index (χ2v) is 11.9. The number of halogens is 1. The van der Waals surface area contributed by atoms with Gasteiger partial charge in [0.1, 0.15) is 0 Å². The molecule has 3 aromatic rings. The third-order valence-electron chi connectivity index (χ3n) is 7.80. The molecule has 2 fully saturated rings. The molecule has 2 heterocycles. The van der Waals surface area contributed by atoms with Crippen molar-refractivity contribution in [2.24, 2.45) is 12.5 Å². The summed E-state index contributed by atoms with van der Waals surface area (Å²) in [5, 5.41) is 0.839. The lowest BCUT2D eigenvalue weighted by molar-refractivity contribution is 0.226. The molecular formula is C25H27ClN4O2S. The molecule has 6 nitrogen and oxygen atoms in total. The molecule has 0 bridgehead atoms. The molecule has 1 aliphatic heterocycles. The van der Waals surface area contributed by atoms with Crippen LogP contribution >= 0.6 is 11.6 Å². The lowest BCUT2D eigenvalue weighted by atomic mass is 9.81. The summed E-state index contributed by atoms with van der Waals surface area (Å²) in [6.45, 7) is 0.343. The van der Waals surface area contributed by atoms with Gasteiger partial charge < -0.3 is 4.57 Å². The first-order chi connectivity index (χ1) is 15.8. The van der Waals surface area contributed by atoms with Gasteiger partial charge in [0.05, 0.1) is 6.33 Å². The van der Waals surface area contributed by atoms with Gasteiger partial charge in [-0.3, -0.25) is 4.90 Å². The normalized spacial score (nSPS) is 29.2. The highest BCUT2D eigenvalue weighted by atomic mass is 35.5. The smallest absolute Gasteiger partial charge is 0.259 e. The maximum atomic E-state index is 12.5. The van der Waals surface area contributed by atoms with Crippen LogP contribution in [0.4, 0.5) is 0 Å². The molecule has 0 radical (unpaired) electrons. The van der Waals surface area contributed by atoms with Crippen LogP contribution < -0.4 is 4.72 Å². The van der Waals surface area contributed by atoms with Crippen LogP contribution in [-0.2, 0) is 36.3 Å². The molecule has 1 saturated heterocycles.